The lowest BCUT2D eigenvalue weighted by atomic mass is 9.97. The Hall–Kier alpha value is -4.24. The summed E-state index contributed by atoms with van der Waals surface area (Å²) in [4.78, 5) is 38.4. The van der Waals surface area contributed by atoms with Crippen molar-refractivity contribution in [1.82, 2.24) is 25.3 Å². The molecule has 238 valence electrons. The zero-order valence-corrected chi connectivity index (χ0v) is 24.8. The van der Waals surface area contributed by atoms with Gasteiger partial charge in [-0.1, -0.05) is 79.6 Å². The molecule has 2 aromatic carbocycles. The summed E-state index contributed by atoms with van der Waals surface area (Å²) in [6.45, 7) is 2.57. The van der Waals surface area contributed by atoms with Crippen LogP contribution in [0.25, 0.3) is 22.5 Å². The fourth-order valence-electron chi connectivity index (χ4n) is 6.24. The zero-order valence-electron chi connectivity index (χ0n) is 24.8. The van der Waals surface area contributed by atoms with Gasteiger partial charge in [0.2, 0.25) is 5.82 Å². The summed E-state index contributed by atoms with van der Waals surface area (Å²) in [7, 11) is 0. The predicted molar refractivity (Wildman–Crippen MR) is 158 cm³/mol. The first-order valence-electron chi connectivity index (χ1n) is 15.2. The second-order valence-corrected chi connectivity index (χ2v) is 11.7. The minimum atomic E-state index is -1.86. The number of tetrazole rings is 1. The molecule has 3 heterocycles. The van der Waals surface area contributed by atoms with E-state index in [4.69, 9.17) is 14.6 Å². The van der Waals surface area contributed by atoms with Crippen LogP contribution in [0.15, 0.2) is 53.5 Å². The second kappa shape index (κ2) is 12.6. The molecular formula is C31H36N6O8. The van der Waals surface area contributed by atoms with E-state index in [2.05, 4.69) is 22.4 Å². The van der Waals surface area contributed by atoms with Crippen LogP contribution in [0.3, 0.4) is 0 Å². The third-order valence-corrected chi connectivity index (χ3v) is 8.71. The van der Waals surface area contributed by atoms with Gasteiger partial charge >= 0.3 is 5.97 Å². The highest BCUT2D eigenvalue weighted by molar-refractivity contribution is 6.08. The van der Waals surface area contributed by atoms with Gasteiger partial charge in [0.05, 0.1) is 6.54 Å². The largest absolute Gasteiger partial charge is 0.479 e. The summed E-state index contributed by atoms with van der Waals surface area (Å²) in [6.07, 6.45) is -2.57. The van der Waals surface area contributed by atoms with Crippen LogP contribution >= 0.6 is 0 Å². The first kappa shape index (κ1) is 30.8. The molecule has 6 rings (SSSR count). The van der Waals surface area contributed by atoms with E-state index in [9.17, 15) is 30.0 Å². The van der Waals surface area contributed by atoms with E-state index in [0.717, 1.165) is 72.3 Å². The molecule has 1 amide bonds. The van der Waals surface area contributed by atoms with Gasteiger partial charge in [-0.15, -0.1) is 5.10 Å². The number of ether oxygens (including phenoxy) is 1. The summed E-state index contributed by atoms with van der Waals surface area (Å²) in [5, 5.41) is 51.4. The van der Waals surface area contributed by atoms with Crippen molar-refractivity contribution in [3.05, 3.63) is 54.1 Å². The minimum absolute atomic E-state index is 0.108. The maximum atomic E-state index is 13.6. The number of aliphatic carboxylic acids is 1. The normalized spacial score (nSPS) is 26.0. The highest BCUT2D eigenvalue weighted by atomic mass is 16.8. The van der Waals surface area contributed by atoms with Crippen molar-refractivity contribution in [2.45, 2.75) is 94.7 Å². The number of nitrogens with zero attached hydrogens (tertiary/aromatic N) is 6. The van der Waals surface area contributed by atoms with Gasteiger partial charge in [-0.05, 0) is 46.4 Å². The van der Waals surface area contributed by atoms with Gasteiger partial charge in [-0.2, -0.15) is 0 Å². The number of carbonyl (C=O) groups excluding carboxylic acids is 1. The van der Waals surface area contributed by atoms with Crippen molar-refractivity contribution in [3.8, 4) is 22.5 Å². The first-order chi connectivity index (χ1) is 21.7. The van der Waals surface area contributed by atoms with E-state index in [1.807, 2.05) is 41.3 Å². The number of unbranched alkanes of at least 4 members (excludes halogenated alkanes) is 1. The van der Waals surface area contributed by atoms with E-state index < -0.39 is 42.2 Å². The molecule has 45 heavy (non-hydrogen) atoms. The molecule has 1 saturated carbocycles. The molecular weight excluding hydrogens is 584 g/mol. The van der Waals surface area contributed by atoms with Gasteiger partial charge in [0.25, 0.3) is 12.2 Å². The van der Waals surface area contributed by atoms with Crippen molar-refractivity contribution in [2.24, 2.45) is 4.99 Å². The number of amidine groups is 1. The number of carboxylic acids is 1. The number of aromatic nitrogens is 4. The Kier molecular flexibility index (Phi) is 8.64. The number of aliphatic hydroxyl groups is 3. The van der Waals surface area contributed by atoms with Crippen molar-refractivity contribution in [3.63, 3.8) is 0 Å². The molecule has 1 spiro atoms. The number of aliphatic imine (C=N–C) groups is 1. The molecule has 0 radical (unpaired) electrons. The van der Waals surface area contributed by atoms with Gasteiger partial charge in [-0.25, -0.2) is 4.79 Å². The summed E-state index contributed by atoms with van der Waals surface area (Å²) in [5.41, 5.74) is 2.53. The average Bonchev–Trinajstić information content (AvgIpc) is 3.77. The Balaban J connectivity index is 1.22. The summed E-state index contributed by atoms with van der Waals surface area (Å²) < 4.78 is 5.22. The maximum absolute atomic E-state index is 13.6. The molecule has 2 aliphatic heterocycles. The molecule has 5 atom stereocenters. The van der Waals surface area contributed by atoms with Crippen LogP contribution in [0.1, 0.15) is 57.4 Å². The Morgan fingerprint density at radius 2 is 1.73 bits per heavy atom. The molecule has 14 heteroatoms. The Bertz CT molecular complexity index is 1570. The van der Waals surface area contributed by atoms with Gasteiger partial charge in [0, 0.05) is 12.0 Å². The monoisotopic (exact) mass is 620 g/mol. The minimum Gasteiger partial charge on any atom is -0.479 e. The van der Waals surface area contributed by atoms with Crippen LogP contribution in [0, 0.1) is 0 Å². The van der Waals surface area contributed by atoms with E-state index in [1.54, 1.807) is 12.1 Å². The smallest absolute Gasteiger partial charge is 0.335 e. The molecule has 5 unspecified atom stereocenters. The van der Waals surface area contributed by atoms with E-state index in [1.165, 1.54) is 0 Å². The SMILES string of the molecule is CCCCC1=NC2(CCCC2)C(=O)N1Cc1ccc(-c2ccccc2-c2nnnn2OC2OC(C(=O)O)C(O)C(O)C2O)cc1. The molecule has 0 bridgehead atoms. The van der Waals surface area contributed by atoms with E-state index >= 15 is 0 Å². The Labute approximate surface area is 258 Å². The van der Waals surface area contributed by atoms with Gasteiger partial charge in [-0.3, -0.25) is 14.7 Å². The zero-order chi connectivity index (χ0) is 31.7. The van der Waals surface area contributed by atoms with Crippen LogP contribution in [0.4, 0.5) is 0 Å². The number of rotatable bonds is 10. The number of carbonyl (C=O) groups is 2. The van der Waals surface area contributed by atoms with Gasteiger partial charge in [0.15, 0.2) is 6.10 Å². The van der Waals surface area contributed by atoms with Gasteiger partial charge in [0.1, 0.15) is 29.7 Å². The molecule has 2 fully saturated rings. The van der Waals surface area contributed by atoms with Crippen molar-refractivity contribution in [1.29, 1.82) is 0 Å². The van der Waals surface area contributed by atoms with Crippen LogP contribution in [0.5, 0.6) is 0 Å². The fraction of sp³-hybridized carbons (Fsp3) is 0.484. The molecule has 3 aliphatic rings. The highest BCUT2D eigenvalue weighted by Gasteiger charge is 2.50. The molecule has 14 nitrogen and oxygen atoms in total. The fourth-order valence-corrected chi connectivity index (χ4v) is 6.24. The Morgan fingerprint density at radius 1 is 1.02 bits per heavy atom. The lowest BCUT2D eigenvalue weighted by Gasteiger charge is -2.37. The maximum Gasteiger partial charge on any atom is 0.335 e. The number of aliphatic hydroxyl groups excluding tert-OH is 3. The number of hydrogen-bond acceptors (Lipinski definition) is 11. The van der Waals surface area contributed by atoms with E-state index in [0.29, 0.717) is 12.1 Å². The molecule has 1 saturated heterocycles. The lowest BCUT2D eigenvalue weighted by Crippen LogP contribution is -2.62. The average molecular weight is 621 g/mol. The standard InChI is InChI=1S/C31H36N6O8/c1-2-3-10-22-32-31(15-6-7-16-31)30(43)36(22)17-18-11-13-19(14-12-18)20-8-4-5-9-21(20)27-33-34-35-37(27)45-29-25(40)23(38)24(39)26(44-29)28(41)42/h4-5,8-9,11-14,23-26,29,38-40H,2-3,6-7,10,15-17H2,1H3,(H,41,42). The quantitative estimate of drug-likeness (QED) is 0.257. The number of carboxylic acid groups (broad SMARTS) is 1. The van der Waals surface area contributed by atoms with Crippen molar-refractivity contribution < 1.29 is 39.6 Å². The number of hydrogen-bond donors (Lipinski definition) is 4. The number of benzene rings is 2. The Morgan fingerprint density at radius 3 is 2.42 bits per heavy atom. The highest BCUT2D eigenvalue weighted by Crippen LogP contribution is 2.40. The summed E-state index contributed by atoms with van der Waals surface area (Å²) in [5.74, 6) is -0.423. The second-order valence-electron chi connectivity index (χ2n) is 11.7. The third-order valence-electron chi connectivity index (χ3n) is 8.71. The lowest BCUT2D eigenvalue weighted by molar-refractivity contribution is -0.296. The van der Waals surface area contributed by atoms with Crippen LogP contribution in [-0.4, -0.2) is 99.7 Å². The number of amides is 1. The van der Waals surface area contributed by atoms with Crippen LogP contribution < -0.4 is 4.84 Å². The van der Waals surface area contributed by atoms with Crippen molar-refractivity contribution in [2.75, 3.05) is 0 Å². The van der Waals surface area contributed by atoms with Crippen molar-refractivity contribution >= 4 is 17.7 Å². The van der Waals surface area contributed by atoms with Crippen LogP contribution in [0.2, 0.25) is 0 Å². The summed E-state index contributed by atoms with van der Waals surface area (Å²) in [6, 6.07) is 15.1. The van der Waals surface area contributed by atoms with E-state index in [-0.39, 0.29) is 11.7 Å². The van der Waals surface area contributed by atoms with Gasteiger partial charge < -0.3 is 30.0 Å². The molecule has 1 aliphatic carbocycles. The third kappa shape index (κ3) is 5.81. The van der Waals surface area contributed by atoms with Crippen LogP contribution in [-0.2, 0) is 20.9 Å². The summed E-state index contributed by atoms with van der Waals surface area (Å²) >= 11 is 0. The first-order valence-corrected chi connectivity index (χ1v) is 15.2. The predicted octanol–water partition coefficient (Wildman–Crippen LogP) is 1.57. The molecule has 1 aromatic heterocycles. The molecule has 4 N–H and O–H groups in total. The topological polar surface area (TPSA) is 193 Å². The molecule has 3 aromatic rings.